The maximum atomic E-state index is 13.2. The highest BCUT2D eigenvalue weighted by atomic mass is 16.3. The van der Waals surface area contributed by atoms with Gasteiger partial charge in [0.05, 0.1) is 0 Å². The number of anilines is 1. The van der Waals surface area contributed by atoms with Crippen LogP contribution in [0, 0.1) is 0 Å². The Bertz CT molecular complexity index is 1250. The first-order chi connectivity index (χ1) is 19.2. The van der Waals surface area contributed by atoms with E-state index in [1.165, 1.54) is 48.8 Å². The zero-order valence-corrected chi connectivity index (χ0v) is 22.7. The maximum Gasteiger partial charge on any atom is 0.195 e. The fourth-order valence-electron chi connectivity index (χ4n) is 5.72. The van der Waals surface area contributed by atoms with Gasteiger partial charge < -0.3 is 10.0 Å². The molecule has 0 aliphatic heterocycles. The van der Waals surface area contributed by atoms with E-state index in [1.54, 1.807) is 0 Å². The predicted octanol–water partition coefficient (Wildman–Crippen LogP) is 7.94. The van der Waals surface area contributed by atoms with Gasteiger partial charge in [-0.25, -0.2) is 0 Å². The molecule has 0 radical (unpaired) electrons. The van der Waals surface area contributed by atoms with E-state index in [1.807, 2.05) is 48.5 Å². The normalized spacial score (nSPS) is 14.6. The Morgan fingerprint density at radius 1 is 0.692 bits per heavy atom. The van der Waals surface area contributed by atoms with Gasteiger partial charge in [-0.3, -0.25) is 4.79 Å². The quantitative estimate of drug-likeness (QED) is 0.205. The molecule has 0 aromatic heterocycles. The average Bonchev–Trinajstić information content (AvgIpc) is 3.02. The molecule has 0 spiro atoms. The Labute approximate surface area is 233 Å². The summed E-state index contributed by atoms with van der Waals surface area (Å²) in [5, 5.41) is 10.9. The van der Waals surface area contributed by atoms with Crippen LogP contribution >= 0.6 is 0 Å². The topological polar surface area (TPSA) is 40.5 Å². The zero-order chi connectivity index (χ0) is 26.9. The Balaban J connectivity index is 1.26. The molecule has 1 aliphatic carbocycles. The highest BCUT2D eigenvalue weighted by Gasteiger charge is 2.21. The van der Waals surface area contributed by atoms with Gasteiger partial charge in [-0.1, -0.05) is 104 Å². The SMILES string of the molecule is O=C(c1ccc(N(CCc2ccccc2)CCc2ccccc2)cc1)C(O)c1ccc(C2CCCCC2)cc1. The van der Waals surface area contributed by atoms with Crippen molar-refractivity contribution in [3.63, 3.8) is 0 Å². The van der Waals surface area contributed by atoms with Crippen LogP contribution in [-0.2, 0) is 12.8 Å². The lowest BCUT2D eigenvalue weighted by Gasteiger charge is -2.25. The second-order valence-corrected chi connectivity index (χ2v) is 10.8. The summed E-state index contributed by atoms with van der Waals surface area (Å²) < 4.78 is 0. The van der Waals surface area contributed by atoms with E-state index in [0.717, 1.165) is 31.6 Å². The van der Waals surface area contributed by atoms with E-state index < -0.39 is 6.10 Å². The smallest absolute Gasteiger partial charge is 0.195 e. The molecule has 0 bridgehead atoms. The van der Waals surface area contributed by atoms with E-state index in [9.17, 15) is 9.90 Å². The Morgan fingerprint density at radius 2 is 1.23 bits per heavy atom. The second kappa shape index (κ2) is 13.4. The summed E-state index contributed by atoms with van der Waals surface area (Å²) in [5.41, 5.74) is 6.24. The van der Waals surface area contributed by atoms with Gasteiger partial charge in [0.1, 0.15) is 6.10 Å². The van der Waals surface area contributed by atoms with Crippen molar-refractivity contribution in [3.8, 4) is 0 Å². The van der Waals surface area contributed by atoms with Crippen molar-refractivity contribution in [2.24, 2.45) is 0 Å². The number of carbonyl (C=O) groups is 1. The third kappa shape index (κ3) is 7.25. The third-order valence-electron chi connectivity index (χ3n) is 8.12. The lowest BCUT2D eigenvalue weighted by atomic mass is 9.83. The van der Waals surface area contributed by atoms with Crippen LogP contribution in [0.15, 0.2) is 109 Å². The first-order valence-corrected chi connectivity index (χ1v) is 14.4. The number of Topliss-reactive ketones (excluding diaryl/α,β-unsaturated/α-hetero) is 1. The molecule has 1 saturated carbocycles. The first-order valence-electron chi connectivity index (χ1n) is 14.4. The van der Waals surface area contributed by atoms with Gasteiger partial charge in [0, 0.05) is 24.3 Å². The van der Waals surface area contributed by atoms with Crippen LogP contribution in [0.5, 0.6) is 0 Å². The highest BCUT2D eigenvalue weighted by Crippen LogP contribution is 2.33. The molecular weight excluding hydrogens is 478 g/mol. The molecule has 1 fully saturated rings. The van der Waals surface area contributed by atoms with Crippen molar-refractivity contribution in [3.05, 3.63) is 137 Å². The van der Waals surface area contributed by atoms with Gasteiger partial charge >= 0.3 is 0 Å². The standard InChI is InChI=1S/C36H39NO2/c38-35(32-18-16-31(17-19-32)30-14-8-3-9-15-30)36(39)33-20-22-34(23-21-33)37(26-24-28-10-4-1-5-11-28)27-25-29-12-6-2-7-13-29/h1-2,4-7,10-13,16-23,30,35,38H,3,8-9,14-15,24-27H2. The molecule has 0 amide bonds. The maximum absolute atomic E-state index is 13.2. The van der Waals surface area contributed by atoms with Crippen molar-refractivity contribution < 1.29 is 9.90 Å². The minimum atomic E-state index is -1.15. The van der Waals surface area contributed by atoms with E-state index in [-0.39, 0.29) is 5.78 Å². The monoisotopic (exact) mass is 517 g/mol. The molecule has 1 aliphatic rings. The minimum absolute atomic E-state index is 0.257. The van der Waals surface area contributed by atoms with Crippen LogP contribution in [0.3, 0.4) is 0 Å². The number of hydrogen-bond donors (Lipinski definition) is 1. The van der Waals surface area contributed by atoms with E-state index in [4.69, 9.17) is 0 Å². The molecule has 3 heteroatoms. The van der Waals surface area contributed by atoms with Crippen LogP contribution in [0.25, 0.3) is 0 Å². The van der Waals surface area contributed by atoms with Gasteiger partial charge in [-0.05, 0) is 78.1 Å². The van der Waals surface area contributed by atoms with E-state index in [2.05, 4.69) is 65.6 Å². The molecule has 3 nitrogen and oxygen atoms in total. The fraction of sp³-hybridized carbons (Fsp3) is 0.306. The van der Waals surface area contributed by atoms with Crippen molar-refractivity contribution >= 4 is 11.5 Å². The molecule has 4 aromatic carbocycles. The number of rotatable bonds is 11. The first kappa shape index (κ1) is 26.9. The number of aliphatic hydroxyl groups excluding tert-OH is 1. The Hall–Kier alpha value is -3.69. The summed E-state index contributed by atoms with van der Waals surface area (Å²) in [4.78, 5) is 15.6. The second-order valence-electron chi connectivity index (χ2n) is 10.8. The van der Waals surface area contributed by atoms with Gasteiger partial charge in [0.25, 0.3) is 0 Å². The molecule has 4 aromatic rings. The van der Waals surface area contributed by atoms with Crippen LogP contribution < -0.4 is 4.90 Å². The average molecular weight is 518 g/mol. The molecule has 1 atom stereocenters. The van der Waals surface area contributed by atoms with Crippen LogP contribution in [0.2, 0.25) is 0 Å². The van der Waals surface area contributed by atoms with E-state index in [0.29, 0.717) is 17.0 Å². The fourth-order valence-corrected chi connectivity index (χ4v) is 5.72. The van der Waals surface area contributed by atoms with Crippen molar-refractivity contribution in [2.45, 2.75) is 57.0 Å². The summed E-state index contributed by atoms with van der Waals surface area (Å²) in [6, 6.07) is 36.9. The summed E-state index contributed by atoms with van der Waals surface area (Å²) in [5.74, 6) is 0.354. The molecular formula is C36H39NO2. The summed E-state index contributed by atoms with van der Waals surface area (Å²) in [6.07, 6.45) is 7.14. The van der Waals surface area contributed by atoms with Crippen molar-refractivity contribution in [1.29, 1.82) is 0 Å². The molecule has 5 rings (SSSR count). The Morgan fingerprint density at radius 3 is 1.77 bits per heavy atom. The number of carbonyl (C=O) groups excluding carboxylic acids is 1. The number of aliphatic hydroxyl groups is 1. The van der Waals surface area contributed by atoms with Crippen LogP contribution in [0.4, 0.5) is 5.69 Å². The number of benzene rings is 4. The molecule has 200 valence electrons. The van der Waals surface area contributed by atoms with Gasteiger partial charge in [-0.2, -0.15) is 0 Å². The number of hydrogen-bond acceptors (Lipinski definition) is 3. The van der Waals surface area contributed by atoms with Gasteiger partial charge in [-0.15, -0.1) is 0 Å². The summed E-state index contributed by atoms with van der Waals surface area (Å²) in [6.45, 7) is 1.78. The summed E-state index contributed by atoms with van der Waals surface area (Å²) >= 11 is 0. The van der Waals surface area contributed by atoms with Crippen LogP contribution in [-0.4, -0.2) is 24.0 Å². The van der Waals surface area contributed by atoms with Crippen molar-refractivity contribution in [2.75, 3.05) is 18.0 Å². The number of ketones is 1. The lowest BCUT2D eigenvalue weighted by molar-refractivity contribution is 0.0747. The summed E-state index contributed by atoms with van der Waals surface area (Å²) in [7, 11) is 0. The van der Waals surface area contributed by atoms with Gasteiger partial charge in [0.15, 0.2) is 5.78 Å². The lowest BCUT2D eigenvalue weighted by Crippen LogP contribution is -2.28. The third-order valence-corrected chi connectivity index (χ3v) is 8.12. The minimum Gasteiger partial charge on any atom is -0.380 e. The van der Waals surface area contributed by atoms with E-state index >= 15 is 0 Å². The largest absolute Gasteiger partial charge is 0.380 e. The number of nitrogens with zero attached hydrogens (tertiary/aromatic N) is 1. The predicted molar refractivity (Wildman–Crippen MR) is 161 cm³/mol. The zero-order valence-electron chi connectivity index (χ0n) is 22.7. The van der Waals surface area contributed by atoms with Crippen molar-refractivity contribution in [1.82, 2.24) is 0 Å². The van der Waals surface area contributed by atoms with Gasteiger partial charge in [0.2, 0.25) is 0 Å². The molecule has 0 heterocycles. The molecule has 0 saturated heterocycles. The molecule has 1 N–H and O–H groups in total. The molecule has 39 heavy (non-hydrogen) atoms. The Kier molecular flexibility index (Phi) is 9.24. The van der Waals surface area contributed by atoms with Crippen LogP contribution in [0.1, 0.15) is 76.7 Å². The molecule has 1 unspecified atom stereocenters. The highest BCUT2D eigenvalue weighted by molar-refractivity contribution is 6.00.